The molecule has 1 heterocycles. The van der Waals surface area contributed by atoms with Crippen LogP contribution in [0.1, 0.15) is 13.8 Å². The number of halogens is 6. The Morgan fingerprint density at radius 2 is 1.67 bits per heavy atom. The van der Waals surface area contributed by atoms with Crippen molar-refractivity contribution in [1.82, 2.24) is 0 Å². The van der Waals surface area contributed by atoms with Crippen LogP contribution >= 0.6 is 0 Å². The molecule has 1 aromatic carbocycles. The molecule has 1 fully saturated rings. The van der Waals surface area contributed by atoms with Gasteiger partial charge >= 0.3 is 18.1 Å². The molecule has 4 nitrogen and oxygen atoms in total. The highest BCUT2D eigenvalue weighted by molar-refractivity contribution is 5.99. The first-order valence-corrected chi connectivity index (χ1v) is 6.65. The van der Waals surface area contributed by atoms with Crippen LogP contribution in [0.2, 0.25) is 0 Å². The van der Waals surface area contributed by atoms with E-state index < -0.39 is 52.3 Å². The molecular weight excluding hydrogens is 344 g/mol. The minimum Gasteiger partial charge on any atom is -0.508 e. The van der Waals surface area contributed by atoms with Crippen LogP contribution in [-0.4, -0.2) is 35.7 Å². The maximum Gasteiger partial charge on any atom is 0.447 e. The molecule has 1 saturated heterocycles. The van der Waals surface area contributed by atoms with Gasteiger partial charge in [0.25, 0.3) is 0 Å². The summed E-state index contributed by atoms with van der Waals surface area (Å²) in [5, 5.41) is 9.39. The van der Waals surface area contributed by atoms with Crippen LogP contribution in [-0.2, 0) is 9.53 Å². The van der Waals surface area contributed by atoms with Gasteiger partial charge in [-0.05, 0) is 26.0 Å². The topological polar surface area (TPSA) is 49.8 Å². The zero-order valence-electron chi connectivity index (χ0n) is 12.5. The number of alkyl halides is 6. The number of benzene rings is 1. The van der Waals surface area contributed by atoms with Crippen LogP contribution in [0.4, 0.5) is 32.0 Å². The summed E-state index contributed by atoms with van der Waals surface area (Å²) in [7, 11) is 0. The highest BCUT2D eigenvalue weighted by Gasteiger charge is 2.79. The molecule has 0 spiro atoms. The van der Waals surface area contributed by atoms with Crippen LogP contribution in [0.25, 0.3) is 0 Å². The molecule has 1 aliphatic heterocycles. The molecule has 0 aliphatic carbocycles. The van der Waals surface area contributed by atoms with E-state index in [4.69, 9.17) is 0 Å². The quantitative estimate of drug-likeness (QED) is 0.782. The fourth-order valence-corrected chi connectivity index (χ4v) is 2.37. The molecule has 1 aromatic rings. The number of rotatable bonds is 1. The van der Waals surface area contributed by atoms with Gasteiger partial charge in [0.2, 0.25) is 5.91 Å². The second-order valence-corrected chi connectivity index (χ2v) is 5.97. The summed E-state index contributed by atoms with van der Waals surface area (Å²) >= 11 is 0. The van der Waals surface area contributed by atoms with Crippen LogP contribution in [0.15, 0.2) is 24.3 Å². The average Bonchev–Trinajstić information content (AvgIpc) is 2.38. The number of anilines is 1. The highest BCUT2D eigenvalue weighted by Crippen LogP contribution is 2.53. The summed E-state index contributed by atoms with van der Waals surface area (Å²) in [6.45, 7) is 1.27. The molecule has 0 unspecified atom stereocenters. The van der Waals surface area contributed by atoms with Gasteiger partial charge in [-0.1, -0.05) is 6.07 Å². The number of carbonyl (C=O) groups excluding carboxylic acids is 1. The van der Waals surface area contributed by atoms with Gasteiger partial charge in [-0.25, -0.2) is 0 Å². The molecule has 0 bridgehead atoms. The number of aromatic hydroxyl groups is 1. The van der Waals surface area contributed by atoms with Crippen molar-refractivity contribution < 1.29 is 41.0 Å². The van der Waals surface area contributed by atoms with Gasteiger partial charge in [-0.2, -0.15) is 26.3 Å². The molecule has 0 atom stereocenters. The number of hydrogen-bond donors (Lipinski definition) is 1. The van der Waals surface area contributed by atoms with E-state index in [-0.39, 0.29) is 0 Å². The van der Waals surface area contributed by atoms with Crippen molar-refractivity contribution in [3.05, 3.63) is 24.3 Å². The zero-order valence-corrected chi connectivity index (χ0v) is 12.5. The Morgan fingerprint density at radius 1 is 1.12 bits per heavy atom. The van der Waals surface area contributed by atoms with Crippen molar-refractivity contribution in [3.63, 3.8) is 0 Å². The van der Waals surface area contributed by atoms with E-state index in [2.05, 4.69) is 4.74 Å². The SMILES string of the molecule is CC1(C)COC(C(F)(F)F)(C(F)(F)F)N(c2cccc(O)c2)C1=O. The molecule has 134 valence electrons. The minimum absolute atomic E-state index is 0.476. The molecule has 0 aromatic heterocycles. The fourth-order valence-electron chi connectivity index (χ4n) is 2.37. The summed E-state index contributed by atoms with van der Waals surface area (Å²) in [6.07, 6.45) is -11.9. The van der Waals surface area contributed by atoms with E-state index in [1.165, 1.54) is 13.8 Å². The fraction of sp³-hybridized carbons (Fsp3) is 0.500. The molecule has 10 heteroatoms. The number of carbonyl (C=O) groups is 1. The second kappa shape index (κ2) is 5.27. The predicted octanol–water partition coefficient (Wildman–Crippen LogP) is 3.60. The van der Waals surface area contributed by atoms with Gasteiger partial charge in [0.05, 0.1) is 17.7 Å². The molecular formula is C14H13F6NO3. The minimum atomic E-state index is -5.96. The third-order valence-electron chi connectivity index (χ3n) is 3.60. The van der Waals surface area contributed by atoms with Crippen molar-refractivity contribution in [3.8, 4) is 5.75 Å². The Hall–Kier alpha value is -1.97. The molecule has 1 aliphatic rings. The average molecular weight is 357 g/mol. The van der Waals surface area contributed by atoms with Gasteiger partial charge in [0.15, 0.2) is 0 Å². The first-order chi connectivity index (χ1) is 10.7. The lowest BCUT2D eigenvalue weighted by Gasteiger charge is -2.51. The van der Waals surface area contributed by atoms with E-state index in [1.54, 1.807) is 0 Å². The first-order valence-electron chi connectivity index (χ1n) is 6.65. The van der Waals surface area contributed by atoms with Crippen molar-refractivity contribution in [2.45, 2.75) is 31.9 Å². The summed E-state index contributed by atoms with van der Waals surface area (Å²) in [5.41, 5.74) is -7.23. The van der Waals surface area contributed by atoms with Gasteiger partial charge in [0.1, 0.15) is 5.75 Å². The monoisotopic (exact) mass is 357 g/mol. The van der Waals surface area contributed by atoms with Crippen molar-refractivity contribution in [2.75, 3.05) is 11.5 Å². The van der Waals surface area contributed by atoms with Crippen molar-refractivity contribution in [1.29, 1.82) is 0 Å². The number of phenolic OH excluding ortho intramolecular Hbond substituents is 1. The Labute approximate surface area is 132 Å². The standard InChI is InChI=1S/C14H13F6NO3/c1-11(2)7-24-12(13(15,16)17,14(18,19)20)21(10(11)23)8-4-3-5-9(22)6-8/h3-6,22H,7H2,1-2H3. The van der Waals surface area contributed by atoms with E-state index in [0.29, 0.717) is 6.07 Å². The normalized spacial score (nSPS) is 21.0. The van der Waals surface area contributed by atoms with Crippen LogP contribution in [0, 0.1) is 5.41 Å². The Kier molecular flexibility index (Phi) is 4.03. The smallest absolute Gasteiger partial charge is 0.447 e. The molecule has 1 amide bonds. The Balaban J connectivity index is 2.79. The maximum absolute atomic E-state index is 13.5. The zero-order chi connectivity index (χ0) is 18.6. The first kappa shape index (κ1) is 18.4. The highest BCUT2D eigenvalue weighted by atomic mass is 19.4. The summed E-state index contributed by atoms with van der Waals surface area (Å²) in [5.74, 6) is -2.02. The van der Waals surface area contributed by atoms with Crippen LogP contribution in [0.5, 0.6) is 5.75 Å². The van der Waals surface area contributed by atoms with Gasteiger partial charge in [-0.3, -0.25) is 9.69 Å². The lowest BCUT2D eigenvalue weighted by atomic mass is 9.88. The van der Waals surface area contributed by atoms with Gasteiger partial charge in [-0.15, -0.1) is 0 Å². The number of ether oxygens (including phenoxy) is 1. The van der Waals surface area contributed by atoms with Gasteiger partial charge < -0.3 is 9.84 Å². The van der Waals surface area contributed by atoms with E-state index in [1.807, 2.05) is 0 Å². The Morgan fingerprint density at radius 3 is 2.12 bits per heavy atom. The second-order valence-electron chi connectivity index (χ2n) is 5.97. The van der Waals surface area contributed by atoms with Crippen molar-refractivity contribution >= 4 is 11.6 Å². The van der Waals surface area contributed by atoms with E-state index in [0.717, 1.165) is 18.2 Å². The number of nitrogens with zero attached hydrogens (tertiary/aromatic N) is 1. The summed E-state index contributed by atoms with van der Waals surface area (Å²) < 4.78 is 85.0. The molecule has 0 saturated carbocycles. The number of phenols is 1. The van der Waals surface area contributed by atoms with E-state index in [9.17, 15) is 36.2 Å². The van der Waals surface area contributed by atoms with Gasteiger partial charge in [0, 0.05) is 6.07 Å². The lowest BCUT2D eigenvalue weighted by Crippen LogP contribution is -2.75. The van der Waals surface area contributed by atoms with Crippen molar-refractivity contribution in [2.24, 2.45) is 5.41 Å². The summed E-state index contributed by atoms with van der Waals surface area (Å²) in [4.78, 5) is 12.0. The molecule has 2 rings (SSSR count). The third kappa shape index (κ3) is 2.58. The predicted molar refractivity (Wildman–Crippen MR) is 70.2 cm³/mol. The number of amides is 1. The lowest BCUT2D eigenvalue weighted by molar-refractivity contribution is -0.387. The summed E-state index contributed by atoms with van der Waals surface area (Å²) in [6, 6.07) is 3.56. The van der Waals surface area contributed by atoms with Crippen LogP contribution in [0.3, 0.4) is 0 Å². The van der Waals surface area contributed by atoms with Crippen LogP contribution < -0.4 is 4.90 Å². The number of hydrogen-bond acceptors (Lipinski definition) is 3. The van der Waals surface area contributed by atoms with E-state index >= 15 is 0 Å². The molecule has 0 radical (unpaired) electrons. The maximum atomic E-state index is 13.5. The molecule has 1 N–H and O–H groups in total. The largest absolute Gasteiger partial charge is 0.508 e. The third-order valence-corrected chi connectivity index (χ3v) is 3.60. The Bertz CT molecular complexity index is 639. The molecule has 24 heavy (non-hydrogen) atoms.